The van der Waals surface area contributed by atoms with Crippen molar-refractivity contribution in [2.45, 2.75) is 13.1 Å². The van der Waals surface area contributed by atoms with E-state index in [0.717, 1.165) is 6.92 Å². The molecule has 0 amide bonds. The molecule has 0 bridgehead atoms. The van der Waals surface area contributed by atoms with E-state index in [1.165, 1.54) is 0 Å². The minimum atomic E-state index is -4.87. The first-order chi connectivity index (χ1) is 6.73. The molecule has 0 fully saturated rings. The summed E-state index contributed by atoms with van der Waals surface area (Å²) in [7, 11) is 0. The summed E-state index contributed by atoms with van der Waals surface area (Å²) in [6.45, 7) is 0.824. The summed E-state index contributed by atoms with van der Waals surface area (Å²) in [5.41, 5.74) is -2.52. The van der Waals surface area contributed by atoms with Gasteiger partial charge in [-0.2, -0.15) is 13.2 Å². The summed E-state index contributed by atoms with van der Waals surface area (Å²) >= 11 is 0. The van der Waals surface area contributed by atoms with Crippen LogP contribution >= 0.6 is 0 Å². The van der Waals surface area contributed by atoms with Crippen LogP contribution in [0, 0.1) is 5.82 Å². The van der Waals surface area contributed by atoms with Gasteiger partial charge in [0, 0.05) is 6.07 Å². The van der Waals surface area contributed by atoms with Crippen LogP contribution in [0.3, 0.4) is 0 Å². The van der Waals surface area contributed by atoms with E-state index in [9.17, 15) is 22.4 Å². The number of ketones is 1. The Morgan fingerprint density at radius 1 is 1.33 bits per heavy atom. The molecule has 0 aliphatic rings. The molecule has 0 aliphatic carbocycles. The number of phenolic OH excluding ortho intramolecular Hbond substituents is 1. The van der Waals surface area contributed by atoms with Crippen molar-refractivity contribution in [3.8, 4) is 5.75 Å². The number of rotatable bonds is 1. The highest BCUT2D eigenvalue weighted by molar-refractivity contribution is 5.96. The molecule has 0 radical (unpaired) electrons. The summed E-state index contributed by atoms with van der Waals surface area (Å²) in [6, 6.07) is 0.784. The van der Waals surface area contributed by atoms with E-state index in [0.29, 0.717) is 12.1 Å². The summed E-state index contributed by atoms with van der Waals surface area (Å²) in [6.07, 6.45) is -4.87. The third kappa shape index (κ3) is 2.26. The fraction of sp³-hybridized carbons (Fsp3) is 0.222. The summed E-state index contributed by atoms with van der Waals surface area (Å²) < 4.78 is 50.0. The lowest BCUT2D eigenvalue weighted by Crippen LogP contribution is -2.13. The Labute approximate surface area is 82.1 Å². The summed E-state index contributed by atoms with van der Waals surface area (Å²) in [5.74, 6) is -3.29. The van der Waals surface area contributed by atoms with Gasteiger partial charge in [-0.15, -0.1) is 0 Å². The van der Waals surface area contributed by atoms with Gasteiger partial charge in [0.1, 0.15) is 11.6 Å². The van der Waals surface area contributed by atoms with Crippen LogP contribution in [0.15, 0.2) is 12.1 Å². The highest BCUT2D eigenvalue weighted by Crippen LogP contribution is 2.35. The molecule has 0 saturated carbocycles. The molecule has 82 valence electrons. The molecule has 1 aromatic carbocycles. The first-order valence-corrected chi connectivity index (χ1v) is 3.84. The molecule has 1 N–H and O–H groups in total. The van der Waals surface area contributed by atoms with Crippen molar-refractivity contribution in [3.63, 3.8) is 0 Å². The smallest absolute Gasteiger partial charge is 0.417 e. The Hall–Kier alpha value is -1.59. The highest BCUT2D eigenvalue weighted by atomic mass is 19.4. The molecule has 2 nitrogen and oxygen atoms in total. The van der Waals surface area contributed by atoms with Crippen molar-refractivity contribution in [2.24, 2.45) is 0 Å². The third-order valence-corrected chi connectivity index (χ3v) is 1.73. The first kappa shape index (κ1) is 11.5. The van der Waals surface area contributed by atoms with E-state index in [-0.39, 0.29) is 0 Å². The SMILES string of the molecule is CC(=O)c1c(F)cc(O)cc1C(F)(F)F. The summed E-state index contributed by atoms with van der Waals surface area (Å²) in [4.78, 5) is 10.8. The molecular weight excluding hydrogens is 216 g/mol. The Bertz CT molecular complexity index is 409. The van der Waals surface area contributed by atoms with Crippen LogP contribution in [0.2, 0.25) is 0 Å². The lowest BCUT2D eigenvalue weighted by atomic mass is 10.0. The van der Waals surface area contributed by atoms with Gasteiger partial charge in [-0.25, -0.2) is 4.39 Å². The highest BCUT2D eigenvalue weighted by Gasteiger charge is 2.36. The fourth-order valence-corrected chi connectivity index (χ4v) is 1.17. The predicted octanol–water partition coefficient (Wildman–Crippen LogP) is 2.75. The second-order valence-corrected chi connectivity index (χ2v) is 2.90. The molecule has 1 aromatic rings. The van der Waals surface area contributed by atoms with Crippen LogP contribution in [0.1, 0.15) is 22.8 Å². The van der Waals surface area contributed by atoms with E-state index in [4.69, 9.17) is 5.11 Å². The zero-order chi connectivity index (χ0) is 11.8. The maximum Gasteiger partial charge on any atom is 0.417 e. The number of aromatic hydroxyl groups is 1. The summed E-state index contributed by atoms with van der Waals surface area (Å²) in [5, 5.41) is 8.81. The molecule has 0 heterocycles. The molecule has 0 unspecified atom stereocenters. The maximum atomic E-state index is 13.0. The van der Waals surface area contributed by atoms with E-state index in [2.05, 4.69) is 0 Å². The number of halogens is 4. The van der Waals surface area contributed by atoms with Crippen LogP contribution in [0.4, 0.5) is 17.6 Å². The topological polar surface area (TPSA) is 37.3 Å². The van der Waals surface area contributed by atoms with Gasteiger partial charge in [-0.05, 0) is 13.0 Å². The van der Waals surface area contributed by atoms with Crippen LogP contribution in [0.5, 0.6) is 5.75 Å². The van der Waals surface area contributed by atoms with Gasteiger partial charge in [0.2, 0.25) is 0 Å². The van der Waals surface area contributed by atoms with Gasteiger partial charge < -0.3 is 5.11 Å². The molecule has 0 aromatic heterocycles. The van der Waals surface area contributed by atoms with E-state index >= 15 is 0 Å². The van der Waals surface area contributed by atoms with Crippen molar-refractivity contribution in [2.75, 3.05) is 0 Å². The Morgan fingerprint density at radius 2 is 1.87 bits per heavy atom. The van der Waals surface area contributed by atoms with Crippen molar-refractivity contribution in [1.29, 1.82) is 0 Å². The number of benzene rings is 1. The average Bonchev–Trinajstić information content (AvgIpc) is 1.99. The number of alkyl halides is 3. The predicted molar refractivity (Wildman–Crippen MR) is 43.1 cm³/mol. The molecule has 0 spiro atoms. The van der Waals surface area contributed by atoms with Crippen molar-refractivity contribution < 1.29 is 27.5 Å². The Kier molecular flexibility index (Phi) is 2.70. The second-order valence-electron chi connectivity index (χ2n) is 2.90. The number of carbonyl (C=O) groups excluding carboxylic acids is 1. The zero-order valence-corrected chi connectivity index (χ0v) is 7.52. The zero-order valence-electron chi connectivity index (χ0n) is 7.52. The van der Waals surface area contributed by atoms with E-state index in [1.807, 2.05) is 0 Å². The number of hydrogen-bond donors (Lipinski definition) is 1. The monoisotopic (exact) mass is 222 g/mol. The van der Waals surface area contributed by atoms with Gasteiger partial charge in [0.05, 0.1) is 11.1 Å². The van der Waals surface area contributed by atoms with Gasteiger partial charge in [-0.3, -0.25) is 4.79 Å². The van der Waals surface area contributed by atoms with Crippen LogP contribution in [-0.2, 0) is 6.18 Å². The lowest BCUT2D eigenvalue weighted by molar-refractivity contribution is -0.138. The molecule has 0 atom stereocenters. The minimum Gasteiger partial charge on any atom is -0.508 e. The normalized spacial score (nSPS) is 11.5. The minimum absolute atomic E-state index is 0.319. The maximum absolute atomic E-state index is 13.0. The molecule has 6 heteroatoms. The van der Waals surface area contributed by atoms with Crippen molar-refractivity contribution in [3.05, 3.63) is 29.1 Å². The van der Waals surface area contributed by atoms with Crippen LogP contribution in [0.25, 0.3) is 0 Å². The Morgan fingerprint density at radius 3 is 2.27 bits per heavy atom. The molecule has 0 saturated heterocycles. The van der Waals surface area contributed by atoms with Crippen LogP contribution in [-0.4, -0.2) is 10.9 Å². The molecule has 0 aliphatic heterocycles. The third-order valence-electron chi connectivity index (χ3n) is 1.73. The molecule has 15 heavy (non-hydrogen) atoms. The van der Waals surface area contributed by atoms with Gasteiger partial charge in [-0.1, -0.05) is 0 Å². The Balaban J connectivity index is 3.54. The van der Waals surface area contributed by atoms with Gasteiger partial charge in [0.15, 0.2) is 5.78 Å². The van der Waals surface area contributed by atoms with E-state index < -0.39 is 34.7 Å². The largest absolute Gasteiger partial charge is 0.508 e. The number of hydrogen-bond acceptors (Lipinski definition) is 2. The number of carbonyl (C=O) groups is 1. The van der Waals surface area contributed by atoms with Crippen LogP contribution < -0.4 is 0 Å². The number of Topliss-reactive ketones (excluding diaryl/α,β-unsaturated/α-hetero) is 1. The quantitative estimate of drug-likeness (QED) is 0.586. The van der Waals surface area contributed by atoms with Gasteiger partial charge in [0.25, 0.3) is 0 Å². The first-order valence-electron chi connectivity index (χ1n) is 3.84. The van der Waals surface area contributed by atoms with Crippen molar-refractivity contribution >= 4 is 5.78 Å². The second kappa shape index (κ2) is 3.52. The van der Waals surface area contributed by atoms with Crippen molar-refractivity contribution in [1.82, 2.24) is 0 Å². The number of phenols is 1. The molecular formula is C9H6F4O2. The van der Waals surface area contributed by atoms with Gasteiger partial charge >= 0.3 is 6.18 Å². The standard InChI is InChI=1S/C9H6F4O2/c1-4(14)8-6(9(11,12)13)2-5(15)3-7(8)10/h2-3,15H,1H3. The molecule has 1 rings (SSSR count). The fourth-order valence-electron chi connectivity index (χ4n) is 1.17. The lowest BCUT2D eigenvalue weighted by Gasteiger charge is -2.11. The average molecular weight is 222 g/mol. The van der Waals surface area contributed by atoms with E-state index in [1.54, 1.807) is 0 Å².